The number of likely N-dealkylation sites (tertiary alicyclic amines) is 1. The van der Waals surface area contributed by atoms with E-state index in [0.717, 1.165) is 48.0 Å². The topological polar surface area (TPSA) is 51.3 Å². The normalized spacial score (nSPS) is 16.2. The van der Waals surface area contributed by atoms with E-state index in [1.54, 1.807) is 4.68 Å². The molecule has 2 aromatic carbocycles. The molecule has 0 unspecified atom stereocenters. The highest BCUT2D eigenvalue weighted by Gasteiger charge is 2.22. The van der Waals surface area contributed by atoms with Gasteiger partial charge in [-0.05, 0) is 68.2 Å². The highest BCUT2D eigenvalue weighted by molar-refractivity contribution is 6.01. The molecule has 0 bridgehead atoms. The van der Waals surface area contributed by atoms with Crippen LogP contribution in [0, 0.1) is 0 Å². The molecule has 1 fully saturated rings. The summed E-state index contributed by atoms with van der Waals surface area (Å²) in [6, 6.07) is 15.8. The van der Waals surface area contributed by atoms with E-state index < -0.39 is 0 Å². The molecule has 1 saturated heterocycles. The average molecular weight is 347 g/mol. The number of rotatable bonds is 4. The molecule has 0 radical (unpaired) electrons. The standard InChI is InChI=1S/C22H25N3O/c1-24-11-9-17(10-12-24)20-15-25(23)21-8-7-18(14-19(20)21)22(26)13-16-5-3-2-4-6-16/h2-8,14-15,17H,9-13,23H2,1H3. The highest BCUT2D eigenvalue weighted by atomic mass is 16.1. The van der Waals surface area contributed by atoms with Gasteiger partial charge in [0.1, 0.15) is 0 Å². The number of nitrogen functional groups attached to an aromatic ring is 1. The zero-order valence-corrected chi connectivity index (χ0v) is 15.2. The maximum Gasteiger partial charge on any atom is 0.167 e. The Kier molecular flexibility index (Phi) is 4.51. The van der Waals surface area contributed by atoms with Crippen LogP contribution in [0.4, 0.5) is 0 Å². The van der Waals surface area contributed by atoms with Crippen LogP contribution in [-0.2, 0) is 6.42 Å². The molecule has 1 aromatic heterocycles. The van der Waals surface area contributed by atoms with Gasteiger partial charge in [-0.1, -0.05) is 30.3 Å². The summed E-state index contributed by atoms with van der Waals surface area (Å²) in [6.45, 7) is 2.21. The molecule has 0 atom stereocenters. The number of nitrogens with two attached hydrogens (primary N) is 1. The first kappa shape index (κ1) is 16.9. The monoisotopic (exact) mass is 347 g/mol. The van der Waals surface area contributed by atoms with Crippen LogP contribution < -0.4 is 5.84 Å². The summed E-state index contributed by atoms with van der Waals surface area (Å²) in [4.78, 5) is 15.1. The quantitative estimate of drug-likeness (QED) is 0.580. The largest absolute Gasteiger partial charge is 0.339 e. The lowest BCUT2D eigenvalue weighted by Crippen LogP contribution is -2.29. The maximum atomic E-state index is 12.8. The van der Waals surface area contributed by atoms with Gasteiger partial charge in [0.2, 0.25) is 0 Å². The third kappa shape index (κ3) is 3.25. The number of piperidine rings is 1. The Labute approximate surface area is 154 Å². The van der Waals surface area contributed by atoms with Crippen molar-refractivity contribution in [3.05, 3.63) is 71.4 Å². The molecule has 2 N–H and O–H groups in total. The number of nitrogens with zero attached hydrogens (tertiary/aromatic N) is 2. The second-order valence-electron chi connectivity index (χ2n) is 7.39. The lowest BCUT2D eigenvalue weighted by atomic mass is 9.89. The van der Waals surface area contributed by atoms with Gasteiger partial charge < -0.3 is 10.7 Å². The van der Waals surface area contributed by atoms with Crippen molar-refractivity contribution in [2.45, 2.75) is 25.2 Å². The Hall–Kier alpha value is -2.59. The van der Waals surface area contributed by atoms with Gasteiger partial charge in [0.15, 0.2) is 5.78 Å². The van der Waals surface area contributed by atoms with Crippen LogP contribution >= 0.6 is 0 Å². The van der Waals surface area contributed by atoms with Crippen molar-refractivity contribution in [1.82, 2.24) is 9.58 Å². The van der Waals surface area contributed by atoms with E-state index >= 15 is 0 Å². The van der Waals surface area contributed by atoms with E-state index in [1.165, 1.54) is 5.56 Å². The molecule has 1 aliphatic heterocycles. The number of carbonyl (C=O) groups is 1. The van der Waals surface area contributed by atoms with Crippen LogP contribution in [0.3, 0.4) is 0 Å². The van der Waals surface area contributed by atoms with Gasteiger partial charge in [0.05, 0.1) is 5.52 Å². The molecule has 4 nitrogen and oxygen atoms in total. The van der Waals surface area contributed by atoms with E-state index in [1.807, 2.05) is 54.7 Å². The molecule has 0 spiro atoms. The Bertz CT molecular complexity index is 921. The van der Waals surface area contributed by atoms with Gasteiger partial charge in [-0.3, -0.25) is 9.47 Å². The number of aromatic nitrogens is 1. The number of hydrogen-bond acceptors (Lipinski definition) is 3. The fourth-order valence-corrected chi connectivity index (χ4v) is 3.98. The molecule has 4 heteroatoms. The van der Waals surface area contributed by atoms with Crippen LogP contribution in [0.5, 0.6) is 0 Å². The lowest BCUT2D eigenvalue weighted by Gasteiger charge is -2.28. The first-order valence-electron chi connectivity index (χ1n) is 9.27. The van der Waals surface area contributed by atoms with E-state index in [2.05, 4.69) is 11.9 Å². The molecular weight excluding hydrogens is 322 g/mol. The zero-order chi connectivity index (χ0) is 18.1. The van der Waals surface area contributed by atoms with E-state index in [9.17, 15) is 4.79 Å². The zero-order valence-electron chi connectivity index (χ0n) is 15.2. The minimum atomic E-state index is 0.150. The molecule has 1 aliphatic rings. The molecule has 134 valence electrons. The van der Waals surface area contributed by atoms with Crippen LogP contribution in [0.25, 0.3) is 10.9 Å². The molecule has 3 aromatic rings. The van der Waals surface area contributed by atoms with Crippen LogP contribution in [0.15, 0.2) is 54.7 Å². The van der Waals surface area contributed by atoms with Crippen molar-refractivity contribution >= 4 is 16.7 Å². The molecule has 4 rings (SSSR count). The predicted octanol–water partition coefficient (Wildman–Crippen LogP) is 3.59. The van der Waals surface area contributed by atoms with Crippen molar-refractivity contribution in [3.8, 4) is 0 Å². The second-order valence-corrected chi connectivity index (χ2v) is 7.39. The first-order chi connectivity index (χ1) is 12.6. The van der Waals surface area contributed by atoms with Crippen LogP contribution in [-0.4, -0.2) is 35.5 Å². The van der Waals surface area contributed by atoms with Crippen molar-refractivity contribution in [2.24, 2.45) is 0 Å². The Morgan fingerprint density at radius 2 is 1.85 bits per heavy atom. The van der Waals surface area contributed by atoms with Crippen molar-refractivity contribution in [3.63, 3.8) is 0 Å². The average Bonchev–Trinajstić information content (AvgIpc) is 2.99. The van der Waals surface area contributed by atoms with Gasteiger partial charge in [-0.15, -0.1) is 0 Å². The Morgan fingerprint density at radius 1 is 1.12 bits per heavy atom. The molecular formula is C22H25N3O. The SMILES string of the molecule is CN1CCC(c2cn(N)c3ccc(C(=O)Cc4ccccc4)cc23)CC1. The number of fused-ring (bicyclic) bond motifs is 1. The van der Waals surface area contributed by atoms with Gasteiger partial charge in [-0.25, -0.2) is 0 Å². The predicted molar refractivity (Wildman–Crippen MR) is 106 cm³/mol. The van der Waals surface area contributed by atoms with Crippen LogP contribution in [0.2, 0.25) is 0 Å². The van der Waals surface area contributed by atoms with Gasteiger partial charge in [0, 0.05) is 23.6 Å². The summed E-state index contributed by atoms with van der Waals surface area (Å²) < 4.78 is 1.70. The van der Waals surface area contributed by atoms with Gasteiger partial charge >= 0.3 is 0 Å². The summed E-state index contributed by atoms with van der Waals surface area (Å²) in [5.74, 6) is 6.84. The molecule has 2 heterocycles. The molecule has 0 saturated carbocycles. The highest BCUT2D eigenvalue weighted by Crippen LogP contribution is 2.34. The lowest BCUT2D eigenvalue weighted by molar-refractivity contribution is 0.0993. The summed E-state index contributed by atoms with van der Waals surface area (Å²) in [5.41, 5.74) is 4.09. The van der Waals surface area contributed by atoms with E-state index in [0.29, 0.717) is 12.3 Å². The molecule has 0 amide bonds. The minimum Gasteiger partial charge on any atom is -0.339 e. The molecule has 0 aliphatic carbocycles. The van der Waals surface area contributed by atoms with Gasteiger partial charge in [0.25, 0.3) is 0 Å². The number of carbonyl (C=O) groups excluding carboxylic acids is 1. The summed E-state index contributed by atoms with van der Waals surface area (Å²) in [7, 11) is 2.17. The fraction of sp³-hybridized carbons (Fsp3) is 0.318. The third-order valence-corrected chi connectivity index (χ3v) is 5.55. The number of hydrogen-bond donors (Lipinski definition) is 1. The Balaban J connectivity index is 1.65. The number of ketones is 1. The fourth-order valence-electron chi connectivity index (χ4n) is 3.98. The van der Waals surface area contributed by atoms with Crippen molar-refractivity contribution in [2.75, 3.05) is 26.0 Å². The number of benzene rings is 2. The Morgan fingerprint density at radius 3 is 2.58 bits per heavy atom. The summed E-state index contributed by atoms with van der Waals surface area (Å²) in [6.07, 6.45) is 4.75. The second kappa shape index (κ2) is 6.96. The smallest absolute Gasteiger partial charge is 0.167 e. The van der Waals surface area contributed by atoms with E-state index in [-0.39, 0.29) is 5.78 Å². The summed E-state index contributed by atoms with van der Waals surface area (Å²) >= 11 is 0. The first-order valence-corrected chi connectivity index (χ1v) is 9.27. The van der Waals surface area contributed by atoms with Crippen molar-refractivity contribution in [1.29, 1.82) is 0 Å². The number of Topliss-reactive ketones (excluding diaryl/α,β-unsaturated/α-hetero) is 1. The van der Waals surface area contributed by atoms with Gasteiger partial charge in [-0.2, -0.15) is 0 Å². The minimum absolute atomic E-state index is 0.150. The van der Waals surface area contributed by atoms with E-state index in [4.69, 9.17) is 5.84 Å². The molecule has 26 heavy (non-hydrogen) atoms. The van der Waals surface area contributed by atoms with Crippen molar-refractivity contribution < 1.29 is 4.79 Å². The third-order valence-electron chi connectivity index (χ3n) is 5.55. The van der Waals surface area contributed by atoms with Crippen LogP contribution in [0.1, 0.15) is 40.2 Å². The maximum absolute atomic E-state index is 12.8. The summed E-state index contributed by atoms with van der Waals surface area (Å²) in [5, 5.41) is 1.13.